The number of halogens is 2. The summed E-state index contributed by atoms with van der Waals surface area (Å²) in [4.78, 5) is 15.4. The maximum Gasteiger partial charge on any atom is 0.317 e. The van der Waals surface area contributed by atoms with Crippen LogP contribution in [0.1, 0.15) is 13.8 Å². The largest absolute Gasteiger partial charge is 0.379 e. The first kappa shape index (κ1) is 17.1. The van der Waals surface area contributed by atoms with Crippen molar-refractivity contribution in [3.8, 4) is 0 Å². The van der Waals surface area contributed by atoms with Crippen molar-refractivity contribution < 1.29 is 18.3 Å². The highest BCUT2D eigenvalue weighted by Crippen LogP contribution is 2.19. The summed E-state index contributed by atoms with van der Waals surface area (Å²) in [7, 11) is 1.63. The van der Waals surface area contributed by atoms with E-state index in [2.05, 4.69) is 24.1 Å². The molecule has 7 heteroatoms. The molecule has 0 unspecified atom stereocenters. The van der Waals surface area contributed by atoms with E-state index in [9.17, 15) is 13.6 Å². The highest BCUT2D eigenvalue weighted by atomic mass is 19.3. The molecule has 0 radical (unpaired) electrons. The van der Waals surface area contributed by atoms with Crippen LogP contribution in [0.15, 0.2) is 0 Å². The molecule has 1 aliphatic rings. The Morgan fingerprint density at radius 3 is 2.55 bits per heavy atom. The first-order chi connectivity index (χ1) is 9.30. The Morgan fingerprint density at radius 1 is 1.40 bits per heavy atom. The zero-order chi connectivity index (χ0) is 15.2. The molecule has 20 heavy (non-hydrogen) atoms. The van der Waals surface area contributed by atoms with Crippen LogP contribution in [0.4, 0.5) is 13.6 Å². The molecular weight excluding hydrogens is 268 g/mol. The van der Waals surface area contributed by atoms with Gasteiger partial charge in [0, 0.05) is 33.2 Å². The minimum atomic E-state index is -2.52. The van der Waals surface area contributed by atoms with Gasteiger partial charge in [-0.25, -0.2) is 13.6 Å². The van der Waals surface area contributed by atoms with Gasteiger partial charge >= 0.3 is 6.03 Å². The van der Waals surface area contributed by atoms with Crippen molar-refractivity contribution in [2.75, 3.05) is 53.0 Å². The molecular formula is C13H25F2N3O2. The number of amides is 2. The topological polar surface area (TPSA) is 44.8 Å². The number of nitrogens with zero attached hydrogens (tertiary/aromatic N) is 2. The summed E-state index contributed by atoms with van der Waals surface area (Å²) in [5, 5.41) is 2.21. The highest BCUT2D eigenvalue weighted by Gasteiger charge is 2.26. The van der Waals surface area contributed by atoms with Gasteiger partial charge in [0.2, 0.25) is 0 Å². The van der Waals surface area contributed by atoms with Gasteiger partial charge in [0.1, 0.15) is 0 Å². The second-order valence-corrected chi connectivity index (χ2v) is 5.99. The van der Waals surface area contributed by atoms with Crippen LogP contribution in [0.2, 0.25) is 0 Å². The van der Waals surface area contributed by atoms with Crippen LogP contribution in [0.3, 0.4) is 0 Å². The maximum absolute atomic E-state index is 12.1. The third-order valence-corrected chi connectivity index (χ3v) is 3.17. The summed E-state index contributed by atoms with van der Waals surface area (Å²) >= 11 is 0. The fraction of sp³-hybridized carbons (Fsp3) is 0.923. The summed E-state index contributed by atoms with van der Waals surface area (Å²) in [5.41, 5.74) is -0.103. The smallest absolute Gasteiger partial charge is 0.317 e. The minimum absolute atomic E-state index is 0.103. The van der Waals surface area contributed by atoms with Gasteiger partial charge in [-0.05, 0) is 5.41 Å². The van der Waals surface area contributed by atoms with E-state index in [0.717, 1.165) is 32.8 Å². The van der Waals surface area contributed by atoms with E-state index >= 15 is 0 Å². The fourth-order valence-electron chi connectivity index (χ4n) is 2.43. The van der Waals surface area contributed by atoms with Gasteiger partial charge in [-0.3, -0.25) is 4.90 Å². The average molecular weight is 293 g/mol. The van der Waals surface area contributed by atoms with Gasteiger partial charge in [0.25, 0.3) is 6.43 Å². The number of morpholine rings is 1. The molecule has 1 heterocycles. The summed E-state index contributed by atoms with van der Waals surface area (Å²) in [6.45, 7) is 8.16. The Hall–Kier alpha value is -0.950. The van der Waals surface area contributed by atoms with Gasteiger partial charge in [-0.1, -0.05) is 13.8 Å². The van der Waals surface area contributed by atoms with E-state index in [-0.39, 0.29) is 5.41 Å². The molecule has 0 aromatic carbocycles. The number of carbonyl (C=O) groups excluding carboxylic acids is 1. The van der Waals surface area contributed by atoms with E-state index < -0.39 is 19.0 Å². The molecule has 0 aromatic rings. The first-order valence-corrected chi connectivity index (χ1v) is 6.87. The lowest BCUT2D eigenvalue weighted by atomic mass is 9.92. The lowest BCUT2D eigenvalue weighted by molar-refractivity contribution is 0.0179. The van der Waals surface area contributed by atoms with Crippen LogP contribution in [-0.2, 0) is 4.74 Å². The van der Waals surface area contributed by atoms with Gasteiger partial charge in [0.05, 0.1) is 19.8 Å². The molecule has 1 rings (SSSR count). The summed E-state index contributed by atoms with van der Waals surface area (Å²) in [5.74, 6) is 0. The Labute approximate surface area is 119 Å². The quantitative estimate of drug-likeness (QED) is 0.802. The summed E-state index contributed by atoms with van der Waals surface area (Å²) in [6.07, 6.45) is -2.52. The van der Waals surface area contributed by atoms with Crippen LogP contribution in [-0.4, -0.2) is 75.2 Å². The molecule has 0 aliphatic carbocycles. The standard InChI is InChI=1S/C13H25F2N3O2/c1-13(2,10-18-4-6-20-7-5-18)9-17(3)12(19)16-8-11(14)15/h11H,4-10H2,1-3H3,(H,16,19). The van der Waals surface area contributed by atoms with Crippen molar-refractivity contribution in [3.63, 3.8) is 0 Å². The van der Waals surface area contributed by atoms with Gasteiger partial charge in [-0.15, -0.1) is 0 Å². The SMILES string of the molecule is CN(CC(C)(C)CN1CCOCC1)C(=O)NCC(F)F. The molecule has 0 aromatic heterocycles. The number of urea groups is 1. The number of alkyl halides is 2. The van der Waals surface area contributed by atoms with Gasteiger partial charge in [0.15, 0.2) is 0 Å². The van der Waals surface area contributed by atoms with Crippen molar-refractivity contribution in [3.05, 3.63) is 0 Å². The van der Waals surface area contributed by atoms with Crippen LogP contribution in [0.25, 0.3) is 0 Å². The lowest BCUT2D eigenvalue weighted by Gasteiger charge is -2.37. The molecule has 0 saturated carbocycles. The van der Waals surface area contributed by atoms with E-state index in [4.69, 9.17) is 4.74 Å². The first-order valence-electron chi connectivity index (χ1n) is 6.87. The third-order valence-electron chi connectivity index (χ3n) is 3.17. The predicted molar refractivity (Wildman–Crippen MR) is 73.1 cm³/mol. The zero-order valence-electron chi connectivity index (χ0n) is 12.5. The number of hydrogen-bond acceptors (Lipinski definition) is 3. The van der Waals surface area contributed by atoms with Gasteiger partial charge in [-0.2, -0.15) is 0 Å². The van der Waals surface area contributed by atoms with Crippen molar-refractivity contribution >= 4 is 6.03 Å². The van der Waals surface area contributed by atoms with E-state index in [1.165, 1.54) is 4.90 Å². The number of ether oxygens (including phenoxy) is 1. The van der Waals surface area contributed by atoms with Crippen molar-refractivity contribution in [1.29, 1.82) is 0 Å². The lowest BCUT2D eigenvalue weighted by Crippen LogP contribution is -2.48. The van der Waals surface area contributed by atoms with E-state index in [1.54, 1.807) is 7.05 Å². The molecule has 1 fully saturated rings. The second-order valence-electron chi connectivity index (χ2n) is 5.99. The van der Waals surface area contributed by atoms with Gasteiger partial charge < -0.3 is 15.0 Å². The number of rotatable bonds is 6. The van der Waals surface area contributed by atoms with Crippen LogP contribution >= 0.6 is 0 Å². The third kappa shape index (κ3) is 6.47. The molecule has 5 nitrogen and oxygen atoms in total. The summed E-state index contributed by atoms with van der Waals surface area (Å²) in [6, 6.07) is -0.458. The molecule has 0 spiro atoms. The summed E-state index contributed by atoms with van der Waals surface area (Å²) < 4.78 is 29.4. The Balaban J connectivity index is 2.37. The molecule has 1 aliphatic heterocycles. The predicted octanol–water partition coefficient (Wildman–Crippen LogP) is 1.25. The molecule has 0 atom stereocenters. The number of carbonyl (C=O) groups is 1. The molecule has 0 bridgehead atoms. The molecule has 1 saturated heterocycles. The molecule has 1 N–H and O–H groups in total. The Bertz CT molecular complexity index is 308. The van der Waals surface area contributed by atoms with Crippen LogP contribution in [0.5, 0.6) is 0 Å². The van der Waals surface area contributed by atoms with Crippen LogP contribution < -0.4 is 5.32 Å². The average Bonchev–Trinajstić information content (AvgIpc) is 2.35. The number of hydrogen-bond donors (Lipinski definition) is 1. The monoisotopic (exact) mass is 293 g/mol. The number of nitrogens with one attached hydrogen (secondary N) is 1. The normalized spacial score (nSPS) is 17.3. The van der Waals surface area contributed by atoms with Crippen molar-refractivity contribution in [1.82, 2.24) is 15.1 Å². The second kappa shape index (κ2) is 7.73. The fourth-order valence-corrected chi connectivity index (χ4v) is 2.43. The highest BCUT2D eigenvalue weighted by molar-refractivity contribution is 5.73. The molecule has 118 valence electrons. The van der Waals surface area contributed by atoms with Crippen molar-refractivity contribution in [2.24, 2.45) is 5.41 Å². The molecule has 2 amide bonds. The van der Waals surface area contributed by atoms with E-state index in [0.29, 0.717) is 6.54 Å². The maximum atomic E-state index is 12.1. The Morgan fingerprint density at radius 2 is 2.00 bits per heavy atom. The Kier molecular flexibility index (Phi) is 6.61. The van der Waals surface area contributed by atoms with E-state index in [1.807, 2.05) is 0 Å². The van der Waals surface area contributed by atoms with Crippen molar-refractivity contribution in [2.45, 2.75) is 20.3 Å². The minimum Gasteiger partial charge on any atom is -0.379 e. The van der Waals surface area contributed by atoms with Crippen LogP contribution in [0, 0.1) is 5.41 Å². The zero-order valence-corrected chi connectivity index (χ0v) is 12.5.